The third-order valence-electron chi connectivity index (χ3n) is 3.25. The molecule has 0 aliphatic rings. The third-order valence-corrected chi connectivity index (χ3v) is 3.25. The lowest BCUT2D eigenvalue weighted by molar-refractivity contribution is -0.123. The Bertz CT molecular complexity index is 825. The van der Waals surface area contributed by atoms with Crippen molar-refractivity contribution in [3.8, 4) is 11.5 Å². The first-order valence-electron chi connectivity index (χ1n) is 7.84. The van der Waals surface area contributed by atoms with Crippen molar-refractivity contribution in [3.63, 3.8) is 0 Å². The van der Waals surface area contributed by atoms with Gasteiger partial charge in [-0.2, -0.15) is 8.78 Å². The molecule has 2 N–H and O–H groups in total. The van der Waals surface area contributed by atoms with Crippen LogP contribution in [-0.2, 0) is 9.53 Å². The van der Waals surface area contributed by atoms with E-state index in [1.165, 1.54) is 19.2 Å². The van der Waals surface area contributed by atoms with Crippen molar-refractivity contribution < 1.29 is 37.4 Å². The van der Waals surface area contributed by atoms with Crippen LogP contribution in [0.1, 0.15) is 10.4 Å². The highest BCUT2D eigenvalue weighted by molar-refractivity contribution is 6.02. The van der Waals surface area contributed by atoms with Gasteiger partial charge in [-0.25, -0.2) is 9.59 Å². The van der Waals surface area contributed by atoms with E-state index >= 15 is 0 Å². The number of methoxy groups -OCH3 is 1. The maximum absolute atomic E-state index is 12.1. The normalized spacial score (nSPS) is 10.1. The SMILES string of the molecule is COc1ccc(NC(=O)NC(=O)COC(=O)c2ccc(OC(F)F)cc2)cc1. The molecule has 0 fully saturated rings. The van der Waals surface area contributed by atoms with Gasteiger partial charge in [-0.05, 0) is 48.5 Å². The molecule has 0 atom stereocenters. The Morgan fingerprint density at radius 3 is 2.14 bits per heavy atom. The second-order valence-electron chi connectivity index (χ2n) is 5.21. The van der Waals surface area contributed by atoms with Gasteiger partial charge in [0.25, 0.3) is 5.91 Å². The smallest absolute Gasteiger partial charge is 0.387 e. The number of esters is 1. The Kier molecular flexibility index (Phi) is 7.26. The summed E-state index contributed by atoms with van der Waals surface area (Å²) in [6.45, 7) is -3.69. The molecule has 0 aliphatic heterocycles. The number of nitrogens with one attached hydrogen (secondary N) is 2. The van der Waals surface area contributed by atoms with Crippen LogP contribution in [-0.4, -0.2) is 38.2 Å². The first-order valence-corrected chi connectivity index (χ1v) is 7.84. The minimum atomic E-state index is -2.98. The van der Waals surface area contributed by atoms with Gasteiger partial charge in [0.15, 0.2) is 6.61 Å². The molecule has 0 radical (unpaired) electrons. The lowest BCUT2D eigenvalue weighted by Crippen LogP contribution is -2.37. The summed E-state index contributed by atoms with van der Waals surface area (Å²) in [6, 6.07) is 10.3. The summed E-state index contributed by atoms with van der Waals surface area (Å²) in [5.41, 5.74) is 0.450. The fraction of sp³-hybridized carbons (Fsp3) is 0.167. The van der Waals surface area contributed by atoms with E-state index in [-0.39, 0.29) is 11.3 Å². The van der Waals surface area contributed by atoms with E-state index in [2.05, 4.69) is 10.1 Å². The average molecular weight is 394 g/mol. The Hall–Kier alpha value is -3.69. The van der Waals surface area contributed by atoms with E-state index in [0.717, 1.165) is 12.1 Å². The van der Waals surface area contributed by atoms with E-state index in [4.69, 9.17) is 9.47 Å². The van der Waals surface area contributed by atoms with Crippen molar-refractivity contribution in [3.05, 3.63) is 54.1 Å². The van der Waals surface area contributed by atoms with Crippen LogP contribution < -0.4 is 20.1 Å². The number of carbonyl (C=O) groups is 3. The number of anilines is 1. The van der Waals surface area contributed by atoms with E-state index < -0.39 is 31.1 Å². The number of urea groups is 1. The van der Waals surface area contributed by atoms with Crippen molar-refractivity contribution in [2.75, 3.05) is 19.0 Å². The van der Waals surface area contributed by atoms with Gasteiger partial charge < -0.3 is 19.5 Å². The molecule has 0 spiro atoms. The van der Waals surface area contributed by atoms with Gasteiger partial charge in [0.1, 0.15) is 11.5 Å². The van der Waals surface area contributed by atoms with Crippen molar-refractivity contribution in [1.82, 2.24) is 5.32 Å². The largest absolute Gasteiger partial charge is 0.497 e. The summed E-state index contributed by atoms with van der Waals surface area (Å²) in [5.74, 6) is -1.24. The first kappa shape index (κ1) is 20.6. The second-order valence-corrected chi connectivity index (χ2v) is 5.21. The van der Waals surface area contributed by atoms with Crippen LogP contribution in [0.4, 0.5) is 19.3 Å². The topological polar surface area (TPSA) is 103 Å². The molecule has 8 nitrogen and oxygen atoms in total. The minimum absolute atomic E-state index is 0.0251. The van der Waals surface area contributed by atoms with Crippen LogP contribution in [0.15, 0.2) is 48.5 Å². The standard InChI is InChI=1S/C18H16F2N2O6/c1-26-13-8-4-12(5-9-13)21-18(25)22-15(23)10-27-16(24)11-2-6-14(7-3-11)28-17(19)20/h2-9,17H,10H2,1H3,(H2,21,22,23,25). The van der Waals surface area contributed by atoms with Gasteiger partial charge in [0.2, 0.25) is 0 Å². The number of hydrogen-bond acceptors (Lipinski definition) is 6. The van der Waals surface area contributed by atoms with E-state index in [9.17, 15) is 23.2 Å². The zero-order valence-electron chi connectivity index (χ0n) is 14.6. The van der Waals surface area contributed by atoms with Crippen LogP contribution in [0.3, 0.4) is 0 Å². The molecule has 0 unspecified atom stereocenters. The summed E-state index contributed by atoms with van der Waals surface area (Å²) < 4.78 is 38.0. The number of alkyl halides is 2. The lowest BCUT2D eigenvalue weighted by Gasteiger charge is -2.08. The number of ether oxygens (including phenoxy) is 3. The van der Waals surface area contributed by atoms with Crippen LogP contribution in [0.25, 0.3) is 0 Å². The monoisotopic (exact) mass is 394 g/mol. The maximum Gasteiger partial charge on any atom is 0.387 e. The molecule has 28 heavy (non-hydrogen) atoms. The van der Waals surface area contributed by atoms with E-state index in [0.29, 0.717) is 11.4 Å². The molecule has 148 valence electrons. The number of hydrogen-bond donors (Lipinski definition) is 2. The van der Waals surface area contributed by atoms with Crippen LogP contribution in [0.5, 0.6) is 11.5 Å². The first-order chi connectivity index (χ1) is 13.4. The highest BCUT2D eigenvalue weighted by Gasteiger charge is 2.13. The van der Waals surface area contributed by atoms with Crippen molar-refractivity contribution in [2.45, 2.75) is 6.61 Å². The summed E-state index contributed by atoms with van der Waals surface area (Å²) in [4.78, 5) is 35.2. The van der Waals surface area contributed by atoms with Gasteiger partial charge in [-0.15, -0.1) is 0 Å². The minimum Gasteiger partial charge on any atom is -0.497 e. The van der Waals surface area contributed by atoms with E-state index in [1.54, 1.807) is 24.3 Å². The molecule has 0 aromatic heterocycles. The molecule has 0 aliphatic carbocycles. The average Bonchev–Trinajstić information content (AvgIpc) is 2.66. The molecule has 0 heterocycles. The number of rotatable bonds is 7. The Morgan fingerprint density at radius 1 is 0.964 bits per heavy atom. The fourth-order valence-corrected chi connectivity index (χ4v) is 1.99. The quantitative estimate of drug-likeness (QED) is 0.700. The molecule has 2 aromatic carbocycles. The molecule has 0 saturated carbocycles. The van der Waals surface area contributed by atoms with Gasteiger partial charge in [-0.1, -0.05) is 0 Å². The summed E-state index contributed by atoms with van der Waals surface area (Å²) in [7, 11) is 1.50. The number of benzene rings is 2. The number of carbonyl (C=O) groups excluding carboxylic acids is 3. The van der Waals surface area contributed by atoms with Crippen LogP contribution >= 0.6 is 0 Å². The van der Waals surface area contributed by atoms with Crippen LogP contribution in [0.2, 0.25) is 0 Å². The summed E-state index contributed by atoms with van der Waals surface area (Å²) in [6.07, 6.45) is 0. The third kappa shape index (κ3) is 6.56. The zero-order chi connectivity index (χ0) is 20.5. The predicted octanol–water partition coefficient (Wildman–Crippen LogP) is 2.80. The Morgan fingerprint density at radius 2 is 1.57 bits per heavy atom. The number of imide groups is 1. The molecule has 0 bridgehead atoms. The lowest BCUT2D eigenvalue weighted by atomic mass is 10.2. The number of amides is 3. The van der Waals surface area contributed by atoms with Gasteiger partial charge >= 0.3 is 18.6 Å². The predicted molar refractivity (Wildman–Crippen MR) is 93.5 cm³/mol. The molecular formula is C18H16F2N2O6. The molecular weight excluding hydrogens is 378 g/mol. The molecule has 3 amide bonds. The maximum atomic E-state index is 12.1. The summed E-state index contributed by atoms with van der Waals surface area (Å²) in [5, 5.41) is 4.42. The second kappa shape index (κ2) is 9.86. The van der Waals surface area contributed by atoms with Crippen molar-refractivity contribution >= 4 is 23.6 Å². The highest BCUT2D eigenvalue weighted by Crippen LogP contribution is 2.16. The van der Waals surface area contributed by atoms with Gasteiger partial charge in [-0.3, -0.25) is 10.1 Å². The molecule has 2 rings (SSSR count). The highest BCUT2D eigenvalue weighted by atomic mass is 19.3. The Balaban J connectivity index is 1.77. The number of halogens is 2. The van der Waals surface area contributed by atoms with Crippen LogP contribution in [0, 0.1) is 0 Å². The molecule has 0 saturated heterocycles. The van der Waals surface area contributed by atoms with Crippen molar-refractivity contribution in [2.24, 2.45) is 0 Å². The van der Waals surface area contributed by atoms with Gasteiger partial charge in [0.05, 0.1) is 12.7 Å². The van der Waals surface area contributed by atoms with Gasteiger partial charge in [0, 0.05) is 5.69 Å². The fourth-order valence-electron chi connectivity index (χ4n) is 1.99. The van der Waals surface area contributed by atoms with Crippen molar-refractivity contribution in [1.29, 1.82) is 0 Å². The molecule has 10 heteroatoms. The summed E-state index contributed by atoms with van der Waals surface area (Å²) >= 11 is 0. The Labute approximate surface area is 158 Å². The van der Waals surface area contributed by atoms with E-state index in [1.807, 2.05) is 5.32 Å². The molecule has 2 aromatic rings. The zero-order valence-corrected chi connectivity index (χ0v) is 14.6.